The van der Waals surface area contributed by atoms with E-state index in [4.69, 9.17) is 51.6 Å². The fourth-order valence-electron chi connectivity index (χ4n) is 15.1. The van der Waals surface area contributed by atoms with Gasteiger partial charge in [0.05, 0.1) is 49.3 Å². The van der Waals surface area contributed by atoms with Gasteiger partial charge < -0.3 is 109 Å². The Labute approximate surface area is 476 Å². The average Bonchev–Trinajstić information content (AvgIpc) is 2.44. The summed E-state index contributed by atoms with van der Waals surface area (Å²) in [7, 11) is -4.87. The fourth-order valence-corrected chi connectivity index (χ4v) is 15.6. The molecule has 3 saturated carbocycles. The van der Waals surface area contributed by atoms with Crippen LogP contribution in [0.25, 0.3) is 0 Å². The Morgan fingerprint density at radius 3 is 1.74 bits per heavy atom. The molecule has 0 radical (unpaired) electrons. The van der Waals surface area contributed by atoms with Crippen molar-refractivity contribution in [1.82, 2.24) is 0 Å². The molecule has 1 unspecified atom stereocenters. The number of Topliss-reactive ketones (excluding diaryl/α,β-unsaturated/α-hetero) is 1. The predicted octanol–water partition coefficient (Wildman–Crippen LogP) is -2.43. The number of ketones is 1. The van der Waals surface area contributed by atoms with Crippen molar-refractivity contribution < 1.29 is 131 Å². The second kappa shape index (κ2) is 24.8. The third-order valence-corrected chi connectivity index (χ3v) is 20.4. The molecule has 5 saturated heterocycles. The van der Waals surface area contributed by atoms with Crippen LogP contribution < -0.4 is 0 Å². The van der Waals surface area contributed by atoms with Crippen molar-refractivity contribution in [2.45, 2.75) is 266 Å². The molecule has 0 bridgehead atoms. The zero-order valence-corrected chi connectivity index (χ0v) is 48.2. The highest BCUT2D eigenvalue weighted by Gasteiger charge is 2.64. The third kappa shape index (κ3) is 12.6. The molecule has 9 rings (SSSR count). The number of carbonyl (C=O) groups excluding carboxylic acids is 1. The molecule has 9 aliphatic rings. The minimum absolute atomic E-state index is 0.00369. The number of carbonyl (C=O) groups is 1. The number of aliphatic hydroxyl groups is 12. The van der Waals surface area contributed by atoms with E-state index >= 15 is 0 Å². The van der Waals surface area contributed by atoms with Gasteiger partial charge in [0.15, 0.2) is 31.5 Å². The van der Waals surface area contributed by atoms with Crippen LogP contribution in [0, 0.1) is 40.4 Å². The highest BCUT2D eigenvalue weighted by Crippen LogP contribution is 2.67. The Bertz CT molecular complexity index is 2350. The predicted molar refractivity (Wildman–Crippen MR) is 275 cm³/mol. The number of fused-ring (bicyclic) bond motifs is 5. The molecule has 27 nitrogen and oxygen atoms in total. The topological polar surface area (TPSA) is 416 Å². The van der Waals surface area contributed by atoms with Crippen molar-refractivity contribution in [1.29, 1.82) is 0 Å². The molecule has 472 valence electrons. The van der Waals surface area contributed by atoms with Crippen molar-refractivity contribution in [3.63, 3.8) is 0 Å². The monoisotopic (exact) mass is 1200 g/mol. The molecule has 28 heteroatoms. The SMILES string of the molecule is CC(C)C(=O)CC(C)(O)[C@H]1CC[C@H]2[C@@H]3C[C@H](O[C@@H]4O[C@H](C)[C@@H](O)[C@H](O[C@@H]5OC[C@@H](O[C@@H]6OC[C@@H](O)[C@H](O)[C@H]6O[C@@H]6O[C@H](C)[C@H](O)[C@H](O)[C@H]6O)[C@H](O)[C@H]5O[C@@H]5O[C@H](C)[C@@H](O)[C@H](O)[C@H]5O)[C@H]4O)[C@H]4C[C@@H](OS(=O)(=O)O)CC[C@]4(C)C3=CC[C@]12C. The summed E-state index contributed by atoms with van der Waals surface area (Å²) in [6, 6.07) is 0. The highest BCUT2D eigenvalue weighted by atomic mass is 32.3. The van der Waals surface area contributed by atoms with E-state index < -0.39 is 199 Å². The van der Waals surface area contributed by atoms with E-state index in [0.717, 1.165) is 12.0 Å². The van der Waals surface area contributed by atoms with Gasteiger partial charge in [-0.15, -0.1) is 0 Å². The molecule has 0 aromatic rings. The van der Waals surface area contributed by atoms with E-state index in [1.165, 1.54) is 20.8 Å². The first-order valence-corrected chi connectivity index (χ1v) is 30.2. The minimum atomic E-state index is -4.87. The van der Waals surface area contributed by atoms with E-state index in [0.29, 0.717) is 25.7 Å². The van der Waals surface area contributed by atoms with Crippen LogP contribution >= 0.6 is 0 Å². The molecule has 82 heavy (non-hydrogen) atoms. The summed E-state index contributed by atoms with van der Waals surface area (Å²) in [6.07, 6.45) is -34.2. The number of ether oxygens (including phenoxy) is 10. The summed E-state index contributed by atoms with van der Waals surface area (Å²) in [6.45, 7) is 12.7. The zero-order chi connectivity index (χ0) is 60.0. The Hall–Kier alpha value is -1.60. The summed E-state index contributed by atoms with van der Waals surface area (Å²) in [4.78, 5) is 13.1. The lowest BCUT2D eigenvalue weighted by atomic mass is 9.47. The number of hydrogen-bond donors (Lipinski definition) is 13. The summed E-state index contributed by atoms with van der Waals surface area (Å²) >= 11 is 0. The molecule has 13 N–H and O–H groups in total. The smallest absolute Gasteiger partial charge is 0.389 e. The molecule has 32 atom stereocenters. The van der Waals surface area contributed by atoms with Crippen LogP contribution in [0.15, 0.2) is 11.6 Å². The Morgan fingerprint density at radius 1 is 0.634 bits per heavy atom. The van der Waals surface area contributed by atoms with Gasteiger partial charge in [-0.05, 0) is 107 Å². The second-order valence-corrected chi connectivity index (χ2v) is 26.8. The van der Waals surface area contributed by atoms with E-state index in [1.54, 1.807) is 6.92 Å². The molecular weight excluding hydrogens is 1110 g/mol. The molecule has 8 fully saturated rings. The van der Waals surface area contributed by atoms with Crippen LogP contribution in [0.5, 0.6) is 0 Å². The Morgan fingerprint density at radius 2 is 1.16 bits per heavy atom. The van der Waals surface area contributed by atoms with Crippen molar-refractivity contribution in [3.05, 3.63) is 11.6 Å². The van der Waals surface area contributed by atoms with E-state index in [-0.39, 0.29) is 48.7 Å². The maximum atomic E-state index is 13.1. The Kier molecular flexibility index (Phi) is 19.6. The summed E-state index contributed by atoms with van der Waals surface area (Å²) in [5.74, 6) is -1.15. The van der Waals surface area contributed by atoms with Crippen molar-refractivity contribution in [2.24, 2.45) is 40.4 Å². The maximum absolute atomic E-state index is 13.1. The van der Waals surface area contributed by atoms with Crippen LogP contribution in [0.3, 0.4) is 0 Å². The Balaban J connectivity index is 0.975. The van der Waals surface area contributed by atoms with Gasteiger partial charge in [0.2, 0.25) is 0 Å². The van der Waals surface area contributed by atoms with Crippen molar-refractivity contribution >= 4 is 16.2 Å². The zero-order valence-electron chi connectivity index (χ0n) is 47.4. The standard InChI is InChI=1S/C54H88O27S/c1-20(2)29(55)17-54(8,67)33-10-9-26-25-16-31(28-15-24(81-82(68,69)70)11-13-52(28,6)27(25)12-14-53(26,33)7)76-49-43(66)44(36(59)23(5)75-49)78-51-46(80-48-42(65)40(63)35(58)22(4)74-48)38(61)32(19-72-51)77-50-45(37(60)30(56)18-71-50)79-47-41(64)39(62)34(57)21(3)73-47/h12,20-26,28,30-51,56-67H,9-11,13-19H2,1-8H3,(H,68,69,70)/t21-,22-,23-,24+,25+,26+,28-,30-,31+,32-,33+,34+,35-,36-,37+,38+,39+,40+,41-,42-,43-,44+,45-,46-,47+,48+,49+,50+,51+,52-,53+,54?/m1/s1. The normalized spacial score (nSPS) is 51.8. The van der Waals surface area contributed by atoms with E-state index in [9.17, 15) is 79.0 Å². The highest BCUT2D eigenvalue weighted by molar-refractivity contribution is 7.80. The molecule has 5 aliphatic heterocycles. The quantitative estimate of drug-likeness (QED) is 0.0565. The van der Waals surface area contributed by atoms with Gasteiger partial charge in [0.25, 0.3) is 0 Å². The summed E-state index contributed by atoms with van der Waals surface area (Å²) in [5.41, 5.74) is -1.22. The van der Waals surface area contributed by atoms with Crippen LogP contribution in [0.2, 0.25) is 0 Å². The lowest BCUT2D eigenvalue weighted by Crippen LogP contribution is -2.66. The molecule has 5 heterocycles. The number of rotatable bonds is 16. The molecule has 4 aliphatic carbocycles. The van der Waals surface area contributed by atoms with Crippen LogP contribution in [0.1, 0.15) is 107 Å². The number of allylic oxidation sites excluding steroid dienone is 2. The van der Waals surface area contributed by atoms with Gasteiger partial charge in [-0.1, -0.05) is 39.3 Å². The minimum Gasteiger partial charge on any atom is -0.389 e. The summed E-state index contributed by atoms with van der Waals surface area (Å²) in [5, 5.41) is 134. The van der Waals surface area contributed by atoms with Gasteiger partial charge in [-0.2, -0.15) is 8.42 Å². The molecule has 0 aromatic heterocycles. The van der Waals surface area contributed by atoms with Crippen molar-refractivity contribution in [2.75, 3.05) is 13.2 Å². The second-order valence-electron chi connectivity index (χ2n) is 25.7. The lowest BCUT2D eigenvalue weighted by Gasteiger charge is -2.60. The molecule has 0 aromatic carbocycles. The van der Waals surface area contributed by atoms with Gasteiger partial charge in [-0.3, -0.25) is 9.35 Å². The molecular formula is C54H88O27S. The van der Waals surface area contributed by atoms with Crippen LogP contribution in [-0.2, 0) is 66.7 Å². The van der Waals surface area contributed by atoms with Crippen molar-refractivity contribution in [3.8, 4) is 0 Å². The van der Waals surface area contributed by atoms with Gasteiger partial charge in [-0.25, -0.2) is 4.18 Å². The average molecular weight is 1200 g/mol. The molecule has 0 amide bonds. The number of hydrogen-bond acceptors (Lipinski definition) is 26. The number of aliphatic hydroxyl groups excluding tert-OH is 11. The van der Waals surface area contributed by atoms with Gasteiger partial charge in [0.1, 0.15) is 97.3 Å². The van der Waals surface area contributed by atoms with Crippen LogP contribution in [0.4, 0.5) is 0 Å². The first kappa shape index (κ1) is 64.9. The third-order valence-electron chi connectivity index (χ3n) is 19.9. The lowest BCUT2D eigenvalue weighted by molar-refractivity contribution is -0.394. The fraction of sp³-hybridized carbons (Fsp3) is 0.944. The first-order valence-electron chi connectivity index (χ1n) is 28.8. The largest absolute Gasteiger partial charge is 0.397 e. The maximum Gasteiger partial charge on any atom is 0.397 e. The molecule has 0 spiro atoms. The van der Waals surface area contributed by atoms with E-state index in [1.807, 2.05) is 13.8 Å². The summed E-state index contributed by atoms with van der Waals surface area (Å²) < 4.78 is 100. The van der Waals surface area contributed by atoms with Gasteiger partial charge >= 0.3 is 10.4 Å². The first-order chi connectivity index (χ1) is 38.3. The van der Waals surface area contributed by atoms with E-state index in [2.05, 4.69) is 19.9 Å². The van der Waals surface area contributed by atoms with Gasteiger partial charge in [0, 0.05) is 12.3 Å². The van der Waals surface area contributed by atoms with Crippen LogP contribution in [-0.4, -0.2) is 252 Å².